The Kier molecular flexibility index (Phi) is 5.90. The third-order valence-corrected chi connectivity index (χ3v) is 5.54. The average Bonchev–Trinajstić information content (AvgIpc) is 3.21. The summed E-state index contributed by atoms with van der Waals surface area (Å²) in [6, 6.07) is 13.9. The quantitative estimate of drug-likeness (QED) is 0.750. The van der Waals surface area contributed by atoms with Gasteiger partial charge in [0.15, 0.2) is 17.6 Å². The Balaban J connectivity index is 1.31. The molecule has 0 saturated carbocycles. The van der Waals surface area contributed by atoms with Gasteiger partial charge >= 0.3 is 0 Å². The fourth-order valence-corrected chi connectivity index (χ4v) is 3.78. The monoisotopic (exact) mass is 396 g/mol. The maximum Gasteiger partial charge on any atom is 0.263 e. The van der Waals surface area contributed by atoms with Crippen molar-refractivity contribution in [3.63, 3.8) is 0 Å². The summed E-state index contributed by atoms with van der Waals surface area (Å²) in [5.74, 6) is 2.49. The summed E-state index contributed by atoms with van der Waals surface area (Å²) in [7, 11) is 0. The van der Waals surface area contributed by atoms with Gasteiger partial charge in [-0.25, -0.2) is 0 Å². The van der Waals surface area contributed by atoms with E-state index in [1.54, 1.807) is 0 Å². The van der Waals surface area contributed by atoms with Crippen molar-refractivity contribution in [2.75, 3.05) is 33.0 Å². The van der Waals surface area contributed by atoms with Gasteiger partial charge in [0.2, 0.25) is 6.79 Å². The molecule has 4 rings (SSSR count). The number of aryl methyl sites for hydroxylation is 1. The maximum atomic E-state index is 13.0. The predicted molar refractivity (Wildman–Crippen MR) is 110 cm³/mol. The number of piperazine rings is 1. The fraction of sp³-hybridized carbons (Fsp3) is 0.435. The van der Waals surface area contributed by atoms with Gasteiger partial charge < -0.3 is 19.1 Å². The average molecular weight is 396 g/mol. The molecule has 2 aromatic carbocycles. The second kappa shape index (κ2) is 8.74. The van der Waals surface area contributed by atoms with E-state index in [0.717, 1.165) is 55.5 Å². The van der Waals surface area contributed by atoms with Crippen molar-refractivity contribution in [2.24, 2.45) is 0 Å². The Labute approximate surface area is 172 Å². The number of carbonyl (C=O) groups is 1. The first-order chi connectivity index (χ1) is 14.1. The Bertz CT molecular complexity index is 862. The SMILES string of the molecule is CC[C@@H](Oc1ccccc1C)C(=O)N1CCN(Cc2ccc3c(c2)OCO3)CC1. The number of ether oxygens (including phenoxy) is 3. The van der Waals surface area contributed by atoms with Gasteiger partial charge in [0.1, 0.15) is 5.75 Å². The molecule has 1 saturated heterocycles. The molecule has 29 heavy (non-hydrogen) atoms. The van der Waals surface area contributed by atoms with Crippen LogP contribution in [0.4, 0.5) is 0 Å². The van der Waals surface area contributed by atoms with Gasteiger partial charge in [-0.3, -0.25) is 9.69 Å². The molecule has 0 N–H and O–H groups in total. The van der Waals surface area contributed by atoms with E-state index in [9.17, 15) is 4.79 Å². The van der Waals surface area contributed by atoms with E-state index in [1.807, 2.05) is 55.1 Å². The zero-order valence-corrected chi connectivity index (χ0v) is 17.1. The second-order valence-corrected chi connectivity index (χ2v) is 7.57. The Morgan fingerprint density at radius 3 is 2.59 bits per heavy atom. The molecule has 0 radical (unpaired) electrons. The first kappa shape index (κ1) is 19.6. The molecule has 0 bridgehead atoms. The molecule has 0 spiro atoms. The summed E-state index contributed by atoms with van der Waals surface area (Å²) in [5, 5.41) is 0. The number of benzene rings is 2. The lowest BCUT2D eigenvalue weighted by Crippen LogP contribution is -2.52. The summed E-state index contributed by atoms with van der Waals surface area (Å²) in [5.41, 5.74) is 2.25. The van der Waals surface area contributed by atoms with E-state index in [0.29, 0.717) is 13.2 Å². The number of hydrogen-bond acceptors (Lipinski definition) is 5. The highest BCUT2D eigenvalue weighted by molar-refractivity contribution is 5.81. The molecule has 0 aromatic heterocycles. The van der Waals surface area contributed by atoms with Gasteiger partial charge in [0.25, 0.3) is 5.91 Å². The van der Waals surface area contributed by atoms with E-state index in [1.165, 1.54) is 5.56 Å². The highest BCUT2D eigenvalue weighted by Gasteiger charge is 2.28. The third-order valence-electron chi connectivity index (χ3n) is 5.54. The predicted octanol–water partition coefficient (Wildman–Crippen LogP) is 3.23. The standard InChI is InChI=1S/C23H28N2O4/c1-3-19(29-20-7-5-4-6-17(20)2)23(26)25-12-10-24(11-13-25)15-18-8-9-21-22(14-18)28-16-27-21/h4-9,14,19H,3,10-13,15-16H2,1-2H3/t19-/m1/s1. The van der Waals surface area contributed by atoms with E-state index >= 15 is 0 Å². The van der Waals surface area contributed by atoms with Crippen molar-refractivity contribution in [3.05, 3.63) is 53.6 Å². The minimum absolute atomic E-state index is 0.0819. The lowest BCUT2D eigenvalue weighted by atomic mass is 10.1. The highest BCUT2D eigenvalue weighted by Crippen LogP contribution is 2.32. The van der Waals surface area contributed by atoms with Crippen LogP contribution in [0.15, 0.2) is 42.5 Å². The van der Waals surface area contributed by atoms with Crippen molar-refractivity contribution < 1.29 is 19.0 Å². The van der Waals surface area contributed by atoms with E-state index < -0.39 is 6.10 Å². The molecule has 2 heterocycles. The van der Waals surface area contributed by atoms with Crippen LogP contribution in [-0.2, 0) is 11.3 Å². The number of para-hydroxylation sites is 1. The summed E-state index contributed by atoms with van der Waals surface area (Å²) in [6.45, 7) is 8.27. The fourth-order valence-electron chi connectivity index (χ4n) is 3.78. The van der Waals surface area contributed by atoms with Crippen molar-refractivity contribution in [1.82, 2.24) is 9.80 Å². The minimum atomic E-state index is -0.434. The molecule has 2 aromatic rings. The number of fused-ring (bicyclic) bond motifs is 1. The molecule has 154 valence electrons. The van der Waals surface area contributed by atoms with Crippen LogP contribution in [0.25, 0.3) is 0 Å². The van der Waals surface area contributed by atoms with Crippen LogP contribution in [0.3, 0.4) is 0 Å². The normalized spacial score (nSPS) is 17.2. The Morgan fingerprint density at radius 1 is 1.07 bits per heavy atom. The van der Waals surface area contributed by atoms with Crippen LogP contribution in [0.5, 0.6) is 17.2 Å². The molecular formula is C23H28N2O4. The zero-order chi connectivity index (χ0) is 20.2. The molecule has 6 nitrogen and oxygen atoms in total. The number of nitrogens with zero attached hydrogens (tertiary/aromatic N) is 2. The summed E-state index contributed by atoms with van der Waals surface area (Å²) in [6.07, 6.45) is 0.224. The van der Waals surface area contributed by atoms with Crippen LogP contribution < -0.4 is 14.2 Å². The molecule has 1 atom stereocenters. The van der Waals surface area contributed by atoms with E-state index in [4.69, 9.17) is 14.2 Å². The van der Waals surface area contributed by atoms with Crippen LogP contribution in [0.2, 0.25) is 0 Å². The summed E-state index contributed by atoms with van der Waals surface area (Å²) in [4.78, 5) is 17.3. The first-order valence-corrected chi connectivity index (χ1v) is 10.3. The van der Waals surface area contributed by atoms with Crippen LogP contribution >= 0.6 is 0 Å². The van der Waals surface area contributed by atoms with Gasteiger partial charge in [-0.15, -0.1) is 0 Å². The van der Waals surface area contributed by atoms with Gasteiger partial charge in [-0.2, -0.15) is 0 Å². The van der Waals surface area contributed by atoms with Crippen molar-refractivity contribution >= 4 is 5.91 Å². The van der Waals surface area contributed by atoms with Crippen molar-refractivity contribution in [2.45, 2.75) is 32.9 Å². The van der Waals surface area contributed by atoms with Gasteiger partial charge in [0, 0.05) is 32.7 Å². The summed E-state index contributed by atoms with van der Waals surface area (Å²) >= 11 is 0. The molecule has 1 amide bonds. The Hall–Kier alpha value is -2.73. The van der Waals surface area contributed by atoms with E-state index in [2.05, 4.69) is 11.0 Å². The molecule has 0 unspecified atom stereocenters. The molecule has 2 aliphatic rings. The topological polar surface area (TPSA) is 51.2 Å². The smallest absolute Gasteiger partial charge is 0.263 e. The number of hydrogen-bond donors (Lipinski definition) is 0. The van der Waals surface area contributed by atoms with Gasteiger partial charge in [0.05, 0.1) is 0 Å². The van der Waals surface area contributed by atoms with Crippen LogP contribution in [0.1, 0.15) is 24.5 Å². The Morgan fingerprint density at radius 2 is 1.83 bits per heavy atom. The minimum Gasteiger partial charge on any atom is -0.480 e. The van der Waals surface area contributed by atoms with Gasteiger partial charge in [-0.05, 0) is 42.7 Å². The molecular weight excluding hydrogens is 368 g/mol. The zero-order valence-electron chi connectivity index (χ0n) is 17.1. The largest absolute Gasteiger partial charge is 0.480 e. The lowest BCUT2D eigenvalue weighted by Gasteiger charge is -2.36. The number of carbonyl (C=O) groups excluding carboxylic acids is 1. The van der Waals surface area contributed by atoms with Crippen LogP contribution in [-0.4, -0.2) is 54.8 Å². The highest BCUT2D eigenvalue weighted by atomic mass is 16.7. The summed E-state index contributed by atoms with van der Waals surface area (Å²) < 4.78 is 16.9. The molecule has 0 aliphatic carbocycles. The lowest BCUT2D eigenvalue weighted by molar-refractivity contribution is -0.140. The molecule has 2 aliphatic heterocycles. The second-order valence-electron chi connectivity index (χ2n) is 7.57. The number of rotatable bonds is 6. The molecule has 6 heteroatoms. The molecule has 1 fully saturated rings. The maximum absolute atomic E-state index is 13.0. The number of amides is 1. The first-order valence-electron chi connectivity index (χ1n) is 10.3. The third kappa shape index (κ3) is 4.48. The van der Waals surface area contributed by atoms with Crippen molar-refractivity contribution in [3.8, 4) is 17.2 Å². The van der Waals surface area contributed by atoms with Gasteiger partial charge in [-0.1, -0.05) is 31.2 Å². The van der Waals surface area contributed by atoms with E-state index in [-0.39, 0.29) is 5.91 Å². The van der Waals surface area contributed by atoms with Crippen molar-refractivity contribution in [1.29, 1.82) is 0 Å². The van der Waals surface area contributed by atoms with Crippen LogP contribution in [0, 0.1) is 6.92 Å².